The van der Waals surface area contributed by atoms with Gasteiger partial charge in [-0.25, -0.2) is 0 Å². The Hall–Kier alpha value is -2.06. The number of hydrogen-bond donors (Lipinski definition) is 0. The van der Waals surface area contributed by atoms with Crippen molar-refractivity contribution in [2.24, 2.45) is 0 Å². The summed E-state index contributed by atoms with van der Waals surface area (Å²) in [6.07, 6.45) is 5.54. The molecule has 0 atom stereocenters. The second kappa shape index (κ2) is 13.4. The molecule has 1 aliphatic heterocycles. The summed E-state index contributed by atoms with van der Waals surface area (Å²) in [5, 5.41) is 0. The van der Waals surface area contributed by atoms with E-state index in [2.05, 4.69) is 6.92 Å². The first-order chi connectivity index (χ1) is 15.0. The lowest BCUT2D eigenvalue weighted by Crippen LogP contribution is -2.29. The summed E-state index contributed by atoms with van der Waals surface area (Å²) >= 11 is 6.72. The van der Waals surface area contributed by atoms with Crippen LogP contribution < -0.4 is 9.47 Å². The van der Waals surface area contributed by atoms with Gasteiger partial charge in [-0.2, -0.15) is 0 Å². The van der Waals surface area contributed by atoms with Gasteiger partial charge >= 0.3 is 5.97 Å². The van der Waals surface area contributed by atoms with Crippen LogP contribution in [0.3, 0.4) is 0 Å². The molecule has 0 aliphatic carbocycles. The molecule has 2 rings (SSSR count). The number of rotatable bonds is 13. The highest BCUT2D eigenvalue weighted by Gasteiger charge is 2.31. The monoisotopic (exact) mass is 465 g/mol. The normalized spacial score (nSPS) is 14.9. The number of ether oxygens (including phenoxy) is 3. The van der Waals surface area contributed by atoms with Crippen molar-refractivity contribution >= 4 is 46.3 Å². The number of thiocarbonyl (C=S) groups is 1. The maximum atomic E-state index is 12.8. The predicted molar refractivity (Wildman–Crippen MR) is 128 cm³/mol. The van der Waals surface area contributed by atoms with Gasteiger partial charge in [0.1, 0.15) is 4.32 Å². The van der Waals surface area contributed by atoms with Crippen LogP contribution >= 0.6 is 24.0 Å². The second-order valence-corrected chi connectivity index (χ2v) is 8.61. The van der Waals surface area contributed by atoms with Crippen molar-refractivity contribution in [2.45, 2.75) is 52.9 Å². The third kappa shape index (κ3) is 7.85. The first kappa shape index (κ1) is 25.2. The highest BCUT2D eigenvalue weighted by atomic mass is 32.2. The second-order valence-electron chi connectivity index (χ2n) is 6.94. The average molecular weight is 466 g/mol. The van der Waals surface area contributed by atoms with Crippen molar-refractivity contribution in [3.05, 3.63) is 28.7 Å². The Bertz CT molecular complexity index is 809. The van der Waals surface area contributed by atoms with Crippen molar-refractivity contribution in [2.75, 3.05) is 26.4 Å². The molecule has 8 heteroatoms. The van der Waals surface area contributed by atoms with Crippen LogP contribution in [-0.4, -0.2) is 47.5 Å². The molecule has 1 fully saturated rings. The molecule has 1 heterocycles. The summed E-state index contributed by atoms with van der Waals surface area (Å²) in [6.45, 7) is 7.89. The van der Waals surface area contributed by atoms with Gasteiger partial charge < -0.3 is 14.2 Å². The van der Waals surface area contributed by atoms with Crippen LogP contribution in [-0.2, 0) is 14.3 Å². The zero-order valence-corrected chi connectivity index (χ0v) is 20.1. The number of unbranched alkanes of at least 4 members (excludes halogenated alkanes) is 2. The van der Waals surface area contributed by atoms with Gasteiger partial charge in [0, 0.05) is 13.0 Å². The van der Waals surface area contributed by atoms with Crippen LogP contribution in [0.4, 0.5) is 0 Å². The number of thioether (sulfide) groups is 1. The predicted octanol–water partition coefficient (Wildman–Crippen LogP) is 5.20. The molecule has 0 aromatic heterocycles. The van der Waals surface area contributed by atoms with E-state index in [9.17, 15) is 9.59 Å². The third-order valence-corrected chi connectivity index (χ3v) is 5.85. The molecule has 0 N–H and O–H groups in total. The first-order valence-corrected chi connectivity index (χ1v) is 12.0. The molecule has 1 saturated heterocycles. The van der Waals surface area contributed by atoms with E-state index >= 15 is 0 Å². The molecule has 170 valence electrons. The largest absolute Gasteiger partial charge is 0.490 e. The van der Waals surface area contributed by atoms with Gasteiger partial charge in [-0.1, -0.05) is 43.4 Å². The van der Waals surface area contributed by atoms with E-state index in [0.29, 0.717) is 53.5 Å². The number of esters is 1. The molecule has 6 nitrogen and oxygen atoms in total. The molecule has 0 saturated carbocycles. The minimum Gasteiger partial charge on any atom is -0.490 e. The Morgan fingerprint density at radius 2 is 1.90 bits per heavy atom. The van der Waals surface area contributed by atoms with Gasteiger partial charge in [-0.05, 0) is 56.9 Å². The van der Waals surface area contributed by atoms with Gasteiger partial charge in [0.05, 0.1) is 24.7 Å². The Morgan fingerprint density at radius 1 is 1.10 bits per heavy atom. The molecular weight excluding hydrogens is 434 g/mol. The summed E-state index contributed by atoms with van der Waals surface area (Å²) in [6, 6.07) is 5.67. The maximum absolute atomic E-state index is 12.8. The molecule has 0 radical (unpaired) electrons. The number of hydrogen-bond acceptors (Lipinski definition) is 7. The lowest BCUT2D eigenvalue weighted by Gasteiger charge is -2.14. The number of carbonyl (C=O) groups excluding carboxylic acids is 2. The molecular formula is C23H31NO5S2. The number of carbonyl (C=O) groups is 2. The SMILES string of the molecule is CCCOc1ccc(/C=C2\SC(=S)N(CCCCCC(=O)OCC)C2=O)cc1OCC. The Kier molecular flexibility index (Phi) is 10.9. The zero-order chi connectivity index (χ0) is 22.6. The van der Waals surface area contributed by atoms with Gasteiger partial charge in [0.25, 0.3) is 5.91 Å². The van der Waals surface area contributed by atoms with Crippen LogP contribution in [0.5, 0.6) is 11.5 Å². The first-order valence-electron chi connectivity index (χ1n) is 10.8. The summed E-state index contributed by atoms with van der Waals surface area (Å²) in [5.41, 5.74) is 0.863. The quantitative estimate of drug-likeness (QED) is 0.172. The van der Waals surface area contributed by atoms with E-state index < -0.39 is 0 Å². The van der Waals surface area contributed by atoms with Crippen molar-refractivity contribution in [3.63, 3.8) is 0 Å². The average Bonchev–Trinajstić information content (AvgIpc) is 3.00. The minimum atomic E-state index is -0.173. The third-order valence-electron chi connectivity index (χ3n) is 4.47. The summed E-state index contributed by atoms with van der Waals surface area (Å²) in [7, 11) is 0. The molecule has 1 aromatic carbocycles. The fourth-order valence-corrected chi connectivity index (χ4v) is 4.32. The lowest BCUT2D eigenvalue weighted by molar-refractivity contribution is -0.143. The zero-order valence-electron chi connectivity index (χ0n) is 18.5. The van der Waals surface area contributed by atoms with Crippen LogP contribution in [0.2, 0.25) is 0 Å². The van der Waals surface area contributed by atoms with Crippen LogP contribution in [0, 0.1) is 0 Å². The highest BCUT2D eigenvalue weighted by molar-refractivity contribution is 8.26. The van der Waals surface area contributed by atoms with E-state index in [1.807, 2.05) is 31.2 Å². The molecule has 1 aromatic rings. The van der Waals surface area contributed by atoms with Crippen molar-refractivity contribution in [1.29, 1.82) is 0 Å². The van der Waals surface area contributed by atoms with E-state index in [-0.39, 0.29) is 11.9 Å². The van der Waals surface area contributed by atoms with Crippen molar-refractivity contribution in [1.82, 2.24) is 4.90 Å². The molecule has 0 unspecified atom stereocenters. The summed E-state index contributed by atoms with van der Waals surface area (Å²) in [4.78, 5) is 26.4. The molecule has 1 amide bonds. The standard InChI is InChI=1S/C23H31NO5S2/c1-4-14-29-18-12-11-17(15-19(18)27-5-2)16-20-22(26)24(23(30)31-20)13-9-7-8-10-21(25)28-6-3/h11-12,15-16H,4-10,13-14H2,1-3H3/b20-16-. The Morgan fingerprint density at radius 3 is 2.61 bits per heavy atom. The Balaban J connectivity index is 1.96. The Labute approximate surface area is 194 Å². The number of amides is 1. The fraction of sp³-hybridized carbons (Fsp3) is 0.522. The molecule has 0 bridgehead atoms. The van der Waals surface area contributed by atoms with Crippen LogP contribution in [0.1, 0.15) is 58.4 Å². The van der Waals surface area contributed by atoms with E-state index in [1.54, 1.807) is 11.8 Å². The van der Waals surface area contributed by atoms with E-state index in [1.165, 1.54) is 11.8 Å². The molecule has 1 aliphatic rings. The van der Waals surface area contributed by atoms with Gasteiger partial charge in [-0.3, -0.25) is 14.5 Å². The summed E-state index contributed by atoms with van der Waals surface area (Å²) in [5.74, 6) is 1.12. The minimum absolute atomic E-state index is 0.0790. The van der Waals surface area contributed by atoms with E-state index in [0.717, 1.165) is 31.2 Å². The van der Waals surface area contributed by atoms with Crippen molar-refractivity contribution < 1.29 is 23.8 Å². The van der Waals surface area contributed by atoms with Gasteiger partial charge in [-0.15, -0.1) is 0 Å². The smallest absolute Gasteiger partial charge is 0.305 e. The van der Waals surface area contributed by atoms with Crippen molar-refractivity contribution in [3.8, 4) is 11.5 Å². The molecule has 31 heavy (non-hydrogen) atoms. The topological polar surface area (TPSA) is 65.1 Å². The summed E-state index contributed by atoms with van der Waals surface area (Å²) < 4.78 is 16.9. The van der Waals surface area contributed by atoms with Crippen LogP contribution in [0.15, 0.2) is 23.1 Å². The lowest BCUT2D eigenvalue weighted by atomic mass is 10.1. The number of benzene rings is 1. The van der Waals surface area contributed by atoms with Gasteiger partial charge in [0.15, 0.2) is 11.5 Å². The molecule has 0 spiro atoms. The number of nitrogens with zero attached hydrogens (tertiary/aromatic N) is 1. The van der Waals surface area contributed by atoms with Gasteiger partial charge in [0.2, 0.25) is 0 Å². The van der Waals surface area contributed by atoms with Crippen LogP contribution in [0.25, 0.3) is 6.08 Å². The van der Waals surface area contributed by atoms with E-state index in [4.69, 9.17) is 26.4 Å². The highest BCUT2D eigenvalue weighted by Crippen LogP contribution is 2.35. The fourth-order valence-electron chi connectivity index (χ4n) is 3.01. The maximum Gasteiger partial charge on any atom is 0.305 e.